The van der Waals surface area contributed by atoms with Crippen LogP contribution in [0.15, 0.2) is 76.7 Å². The van der Waals surface area contributed by atoms with E-state index in [1.165, 1.54) is 6.07 Å². The second-order valence-electron chi connectivity index (χ2n) is 6.42. The van der Waals surface area contributed by atoms with Gasteiger partial charge in [0.15, 0.2) is 0 Å². The minimum atomic E-state index is -1.03. The Hall–Kier alpha value is -3.86. The molecule has 0 bridgehead atoms. The Kier molecular flexibility index (Phi) is 4.41. The molecule has 138 valence electrons. The van der Waals surface area contributed by atoms with E-state index in [4.69, 9.17) is 9.15 Å². The Labute approximate surface area is 161 Å². The van der Waals surface area contributed by atoms with Crippen molar-refractivity contribution in [2.45, 2.75) is 6.92 Å². The predicted molar refractivity (Wildman–Crippen MR) is 104 cm³/mol. The Bertz CT molecular complexity index is 1130. The first-order valence-electron chi connectivity index (χ1n) is 8.66. The van der Waals surface area contributed by atoms with Crippen LogP contribution in [0.5, 0.6) is 0 Å². The number of carbonyl (C=O) groups is 2. The molecule has 1 aliphatic heterocycles. The molecule has 0 aliphatic carbocycles. The molecule has 1 aliphatic rings. The number of furan rings is 1. The van der Waals surface area contributed by atoms with Crippen LogP contribution in [0.1, 0.15) is 27.2 Å². The van der Waals surface area contributed by atoms with Crippen LogP contribution in [-0.4, -0.2) is 17.0 Å². The van der Waals surface area contributed by atoms with Crippen LogP contribution >= 0.6 is 0 Å². The first-order chi connectivity index (χ1) is 13.5. The normalized spacial score (nSPS) is 14.8. The minimum Gasteiger partial charge on any atom is -0.478 e. The maximum Gasteiger partial charge on any atom is 0.343 e. The van der Waals surface area contributed by atoms with Crippen LogP contribution in [0.25, 0.3) is 23.2 Å². The largest absolute Gasteiger partial charge is 0.478 e. The fraction of sp³-hybridized carbons (Fsp3) is 0.0435. The molecule has 0 amide bonds. The molecule has 0 fully saturated rings. The molecule has 0 spiro atoms. The second kappa shape index (κ2) is 7.04. The van der Waals surface area contributed by atoms with Crippen molar-refractivity contribution >= 4 is 23.8 Å². The van der Waals surface area contributed by atoms with Gasteiger partial charge in [0, 0.05) is 11.1 Å². The molecule has 2 aromatic carbocycles. The van der Waals surface area contributed by atoms with E-state index >= 15 is 0 Å². The molecule has 0 atom stereocenters. The number of benzene rings is 2. The summed E-state index contributed by atoms with van der Waals surface area (Å²) in [6.07, 6.45) is 3.25. The molecular weight excluding hydrogens is 356 g/mol. The Morgan fingerprint density at radius 2 is 1.75 bits per heavy atom. The van der Waals surface area contributed by atoms with E-state index in [1.54, 1.807) is 42.5 Å². The standard InChI is InChI=1S/C23H16O5/c1-14-6-8-15(9-7-14)21-13-16(23(26)28-21)12-17-10-11-20(27-17)18-4-2-3-5-19(18)22(24)25/h2-13H,1H3,(H,24,25). The summed E-state index contributed by atoms with van der Waals surface area (Å²) in [5, 5.41) is 9.33. The highest BCUT2D eigenvalue weighted by molar-refractivity contribution is 6.05. The van der Waals surface area contributed by atoms with Crippen LogP contribution in [0.3, 0.4) is 0 Å². The van der Waals surface area contributed by atoms with Gasteiger partial charge in [0.2, 0.25) is 0 Å². The molecule has 4 rings (SSSR count). The first-order valence-corrected chi connectivity index (χ1v) is 8.66. The number of aryl methyl sites for hydroxylation is 1. The summed E-state index contributed by atoms with van der Waals surface area (Å²) in [7, 11) is 0. The highest BCUT2D eigenvalue weighted by atomic mass is 16.5. The van der Waals surface area contributed by atoms with Crippen molar-refractivity contribution < 1.29 is 23.8 Å². The van der Waals surface area contributed by atoms with Gasteiger partial charge < -0.3 is 14.3 Å². The van der Waals surface area contributed by atoms with Crippen molar-refractivity contribution in [1.82, 2.24) is 0 Å². The second-order valence-corrected chi connectivity index (χ2v) is 6.42. The summed E-state index contributed by atoms with van der Waals surface area (Å²) in [5.41, 5.74) is 2.93. The monoisotopic (exact) mass is 372 g/mol. The quantitative estimate of drug-likeness (QED) is 0.519. The number of carboxylic acids is 1. The van der Waals surface area contributed by atoms with Gasteiger partial charge in [-0.05, 0) is 37.3 Å². The van der Waals surface area contributed by atoms with Crippen LogP contribution < -0.4 is 0 Å². The number of cyclic esters (lactones) is 1. The summed E-state index contributed by atoms with van der Waals surface area (Å²) in [6.45, 7) is 1.99. The van der Waals surface area contributed by atoms with Gasteiger partial charge in [0.25, 0.3) is 0 Å². The number of rotatable bonds is 4. The van der Waals surface area contributed by atoms with Crippen LogP contribution in [0, 0.1) is 6.92 Å². The van der Waals surface area contributed by atoms with Gasteiger partial charge in [-0.3, -0.25) is 0 Å². The van der Waals surface area contributed by atoms with Gasteiger partial charge >= 0.3 is 11.9 Å². The van der Waals surface area contributed by atoms with Crippen molar-refractivity contribution in [3.63, 3.8) is 0 Å². The van der Waals surface area contributed by atoms with Gasteiger partial charge in [-0.25, -0.2) is 9.59 Å². The first kappa shape index (κ1) is 17.5. The zero-order chi connectivity index (χ0) is 19.7. The fourth-order valence-electron chi connectivity index (χ4n) is 2.96. The maximum absolute atomic E-state index is 12.2. The number of carboxylic acid groups (broad SMARTS) is 1. The molecule has 0 unspecified atom stereocenters. The smallest absolute Gasteiger partial charge is 0.343 e. The molecule has 28 heavy (non-hydrogen) atoms. The van der Waals surface area contributed by atoms with Gasteiger partial charge in [-0.15, -0.1) is 0 Å². The zero-order valence-electron chi connectivity index (χ0n) is 15.0. The lowest BCUT2D eigenvalue weighted by molar-refractivity contribution is -0.130. The minimum absolute atomic E-state index is 0.151. The van der Waals surface area contributed by atoms with E-state index in [1.807, 2.05) is 31.2 Å². The van der Waals surface area contributed by atoms with E-state index in [2.05, 4.69) is 0 Å². The lowest BCUT2D eigenvalue weighted by Crippen LogP contribution is -1.98. The Balaban J connectivity index is 1.65. The number of ether oxygens (including phenoxy) is 1. The molecule has 1 aromatic heterocycles. The van der Waals surface area contributed by atoms with Crippen molar-refractivity contribution in [1.29, 1.82) is 0 Å². The summed E-state index contributed by atoms with van der Waals surface area (Å²) in [4.78, 5) is 23.6. The molecule has 5 nitrogen and oxygen atoms in total. The van der Waals surface area contributed by atoms with Gasteiger partial charge in [0.05, 0.1) is 11.1 Å². The molecule has 1 N–H and O–H groups in total. The van der Waals surface area contributed by atoms with Crippen LogP contribution in [0.4, 0.5) is 0 Å². The Morgan fingerprint density at radius 3 is 2.50 bits per heavy atom. The maximum atomic E-state index is 12.2. The Morgan fingerprint density at radius 1 is 1.00 bits per heavy atom. The number of hydrogen-bond acceptors (Lipinski definition) is 4. The topological polar surface area (TPSA) is 76.7 Å². The summed E-state index contributed by atoms with van der Waals surface area (Å²) in [6, 6.07) is 17.6. The third kappa shape index (κ3) is 3.38. The highest BCUT2D eigenvalue weighted by Crippen LogP contribution is 2.30. The SMILES string of the molecule is Cc1ccc(C2=CC(=Cc3ccc(-c4ccccc4C(=O)O)o3)C(=O)O2)cc1. The van der Waals surface area contributed by atoms with E-state index in [0.29, 0.717) is 28.4 Å². The van der Waals surface area contributed by atoms with Crippen molar-refractivity contribution in [3.05, 3.63) is 94.8 Å². The number of carbonyl (C=O) groups excluding carboxylic acids is 1. The fourth-order valence-corrected chi connectivity index (χ4v) is 2.96. The van der Waals surface area contributed by atoms with Crippen LogP contribution in [-0.2, 0) is 9.53 Å². The highest BCUT2D eigenvalue weighted by Gasteiger charge is 2.22. The van der Waals surface area contributed by atoms with E-state index < -0.39 is 11.9 Å². The third-order valence-corrected chi connectivity index (χ3v) is 4.41. The number of hydrogen-bond donors (Lipinski definition) is 1. The van der Waals surface area contributed by atoms with Crippen molar-refractivity contribution in [2.75, 3.05) is 0 Å². The summed E-state index contributed by atoms with van der Waals surface area (Å²) >= 11 is 0. The van der Waals surface area contributed by atoms with E-state index in [-0.39, 0.29) is 5.56 Å². The molecule has 0 radical (unpaired) electrons. The average molecular weight is 372 g/mol. The zero-order valence-corrected chi connectivity index (χ0v) is 15.0. The molecule has 5 heteroatoms. The lowest BCUT2D eigenvalue weighted by atomic mass is 10.1. The van der Waals surface area contributed by atoms with Gasteiger partial charge in [0.1, 0.15) is 17.3 Å². The van der Waals surface area contributed by atoms with E-state index in [9.17, 15) is 14.7 Å². The average Bonchev–Trinajstić information content (AvgIpc) is 3.30. The molecule has 2 heterocycles. The van der Waals surface area contributed by atoms with Crippen molar-refractivity contribution in [3.8, 4) is 11.3 Å². The third-order valence-electron chi connectivity index (χ3n) is 4.41. The molecule has 0 saturated heterocycles. The van der Waals surface area contributed by atoms with E-state index in [0.717, 1.165) is 11.1 Å². The number of aromatic carboxylic acids is 1. The summed E-state index contributed by atoms with van der Waals surface area (Å²) < 4.78 is 11.1. The molecule has 0 saturated carbocycles. The molecule has 3 aromatic rings. The van der Waals surface area contributed by atoms with Gasteiger partial charge in [-0.2, -0.15) is 0 Å². The van der Waals surface area contributed by atoms with Gasteiger partial charge in [-0.1, -0.05) is 48.0 Å². The lowest BCUT2D eigenvalue weighted by Gasteiger charge is -2.02. The van der Waals surface area contributed by atoms with Crippen molar-refractivity contribution in [2.24, 2.45) is 0 Å². The number of esters is 1. The van der Waals surface area contributed by atoms with Crippen LogP contribution in [0.2, 0.25) is 0 Å². The molecular formula is C23H16O5. The predicted octanol–water partition coefficient (Wildman–Crippen LogP) is 4.93. The summed E-state index contributed by atoms with van der Waals surface area (Å²) in [5.74, 6) is -0.154.